The SMILES string of the molecule is O=S1(=O)CCC[C@]2(CCCNC2)C1. The lowest BCUT2D eigenvalue weighted by Crippen LogP contribution is -2.47. The van der Waals surface area contributed by atoms with Gasteiger partial charge >= 0.3 is 0 Å². The van der Waals surface area contributed by atoms with Crippen LogP contribution < -0.4 is 5.32 Å². The lowest BCUT2D eigenvalue weighted by atomic mass is 9.78. The molecular formula is C9H17NO2S. The first-order valence-electron chi connectivity index (χ1n) is 5.03. The predicted molar refractivity (Wildman–Crippen MR) is 52.4 cm³/mol. The number of sulfone groups is 1. The number of piperidine rings is 1. The number of nitrogens with one attached hydrogen (secondary N) is 1. The van der Waals surface area contributed by atoms with Gasteiger partial charge in [-0.25, -0.2) is 8.42 Å². The predicted octanol–water partition coefficient (Wildman–Crippen LogP) is 0.565. The van der Waals surface area contributed by atoms with Gasteiger partial charge in [-0.15, -0.1) is 0 Å². The Balaban J connectivity index is 2.13. The minimum absolute atomic E-state index is 0.0926. The van der Waals surface area contributed by atoms with Crippen molar-refractivity contribution in [2.24, 2.45) is 5.41 Å². The molecule has 0 bridgehead atoms. The molecule has 2 fully saturated rings. The second-order valence-corrected chi connectivity index (χ2v) is 6.66. The Labute approximate surface area is 79.8 Å². The molecule has 2 aliphatic heterocycles. The number of hydrogen-bond acceptors (Lipinski definition) is 3. The molecule has 2 aliphatic rings. The van der Waals surface area contributed by atoms with Crippen molar-refractivity contribution in [3.05, 3.63) is 0 Å². The molecule has 0 amide bonds. The summed E-state index contributed by atoms with van der Waals surface area (Å²) in [5.41, 5.74) is 0.0926. The van der Waals surface area contributed by atoms with Crippen LogP contribution in [0.1, 0.15) is 25.7 Å². The van der Waals surface area contributed by atoms with Gasteiger partial charge in [0, 0.05) is 6.54 Å². The van der Waals surface area contributed by atoms with Gasteiger partial charge in [0.1, 0.15) is 0 Å². The van der Waals surface area contributed by atoms with E-state index in [0.29, 0.717) is 11.5 Å². The summed E-state index contributed by atoms with van der Waals surface area (Å²) < 4.78 is 23.0. The van der Waals surface area contributed by atoms with Crippen LogP contribution >= 0.6 is 0 Å². The molecule has 0 aromatic rings. The van der Waals surface area contributed by atoms with Crippen molar-refractivity contribution in [2.45, 2.75) is 25.7 Å². The highest BCUT2D eigenvalue weighted by Gasteiger charge is 2.39. The third-order valence-corrected chi connectivity index (χ3v) is 5.21. The molecule has 0 unspecified atom stereocenters. The fourth-order valence-electron chi connectivity index (χ4n) is 2.64. The van der Waals surface area contributed by atoms with Gasteiger partial charge in [0.25, 0.3) is 0 Å². The van der Waals surface area contributed by atoms with Crippen molar-refractivity contribution >= 4 is 9.84 Å². The summed E-state index contributed by atoms with van der Waals surface area (Å²) in [6.45, 7) is 1.97. The topological polar surface area (TPSA) is 46.2 Å². The van der Waals surface area contributed by atoms with Gasteiger partial charge in [0.05, 0.1) is 11.5 Å². The van der Waals surface area contributed by atoms with Crippen LogP contribution in [0.2, 0.25) is 0 Å². The maximum absolute atomic E-state index is 11.5. The standard InChI is InChI=1S/C9H17NO2S/c11-13(12)6-2-4-9(8-13)3-1-5-10-7-9/h10H,1-8H2/t9-/m0/s1. The molecule has 0 aliphatic carbocycles. The fraction of sp³-hybridized carbons (Fsp3) is 1.00. The van der Waals surface area contributed by atoms with Crippen LogP contribution in [0.25, 0.3) is 0 Å². The molecular weight excluding hydrogens is 186 g/mol. The van der Waals surface area contributed by atoms with E-state index in [-0.39, 0.29) is 5.41 Å². The van der Waals surface area contributed by atoms with Gasteiger partial charge in [-0.1, -0.05) is 0 Å². The average Bonchev–Trinajstić information content (AvgIpc) is 2.03. The van der Waals surface area contributed by atoms with E-state index in [1.54, 1.807) is 0 Å². The summed E-state index contributed by atoms with van der Waals surface area (Å²) in [5, 5.41) is 3.32. The van der Waals surface area contributed by atoms with Crippen LogP contribution in [-0.4, -0.2) is 33.0 Å². The van der Waals surface area contributed by atoms with Crippen molar-refractivity contribution < 1.29 is 8.42 Å². The minimum atomic E-state index is -2.73. The normalized spacial score (nSPS) is 39.1. The first kappa shape index (κ1) is 9.46. The maximum atomic E-state index is 11.5. The monoisotopic (exact) mass is 203 g/mol. The quantitative estimate of drug-likeness (QED) is 0.626. The zero-order valence-electron chi connectivity index (χ0n) is 7.88. The first-order valence-corrected chi connectivity index (χ1v) is 6.85. The largest absolute Gasteiger partial charge is 0.316 e. The molecule has 1 spiro atoms. The summed E-state index contributed by atoms with van der Waals surface area (Å²) in [6, 6.07) is 0. The van der Waals surface area contributed by atoms with E-state index < -0.39 is 9.84 Å². The Hall–Kier alpha value is -0.0900. The highest BCUT2D eigenvalue weighted by atomic mass is 32.2. The fourth-order valence-corrected chi connectivity index (χ4v) is 4.70. The molecule has 0 aromatic heterocycles. The van der Waals surface area contributed by atoms with Crippen molar-refractivity contribution in [1.29, 1.82) is 0 Å². The molecule has 13 heavy (non-hydrogen) atoms. The molecule has 1 N–H and O–H groups in total. The van der Waals surface area contributed by atoms with Crippen LogP contribution in [0.4, 0.5) is 0 Å². The van der Waals surface area contributed by atoms with Crippen LogP contribution in [0, 0.1) is 5.41 Å². The van der Waals surface area contributed by atoms with Crippen molar-refractivity contribution in [3.8, 4) is 0 Å². The van der Waals surface area contributed by atoms with Gasteiger partial charge in [-0.2, -0.15) is 0 Å². The Morgan fingerprint density at radius 2 is 1.92 bits per heavy atom. The average molecular weight is 203 g/mol. The number of rotatable bonds is 0. The molecule has 0 saturated carbocycles. The van der Waals surface area contributed by atoms with Crippen LogP contribution in [0.3, 0.4) is 0 Å². The summed E-state index contributed by atoms with van der Waals surface area (Å²) in [7, 11) is -2.73. The van der Waals surface area contributed by atoms with E-state index in [4.69, 9.17) is 0 Å². The molecule has 1 atom stereocenters. The third kappa shape index (κ3) is 2.05. The lowest BCUT2D eigenvalue weighted by molar-refractivity contribution is 0.213. The third-order valence-electron chi connectivity index (χ3n) is 3.25. The van der Waals surface area contributed by atoms with Crippen molar-refractivity contribution in [3.63, 3.8) is 0 Å². The van der Waals surface area contributed by atoms with Crippen molar-refractivity contribution in [1.82, 2.24) is 5.32 Å². The summed E-state index contributed by atoms with van der Waals surface area (Å²) in [5.74, 6) is 0.835. The van der Waals surface area contributed by atoms with E-state index in [0.717, 1.165) is 38.8 Å². The van der Waals surface area contributed by atoms with Gasteiger partial charge < -0.3 is 5.32 Å². The summed E-state index contributed by atoms with van der Waals surface area (Å²) >= 11 is 0. The molecule has 0 aromatic carbocycles. The van der Waals surface area contributed by atoms with Gasteiger partial charge in [-0.3, -0.25) is 0 Å². The second kappa shape index (κ2) is 3.24. The van der Waals surface area contributed by atoms with Gasteiger partial charge in [0.15, 0.2) is 9.84 Å². The summed E-state index contributed by atoms with van der Waals surface area (Å²) in [4.78, 5) is 0. The van der Waals surface area contributed by atoms with E-state index in [9.17, 15) is 8.42 Å². The maximum Gasteiger partial charge on any atom is 0.150 e. The molecule has 76 valence electrons. The Bertz CT molecular complexity index is 272. The van der Waals surface area contributed by atoms with Crippen LogP contribution in [0.5, 0.6) is 0 Å². The highest BCUT2D eigenvalue weighted by molar-refractivity contribution is 7.91. The van der Waals surface area contributed by atoms with Gasteiger partial charge in [0.2, 0.25) is 0 Å². The Morgan fingerprint density at radius 3 is 2.54 bits per heavy atom. The molecule has 4 heteroatoms. The molecule has 2 heterocycles. The molecule has 2 saturated heterocycles. The second-order valence-electron chi connectivity index (χ2n) is 4.48. The van der Waals surface area contributed by atoms with E-state index in [1.165, 1.54) is 0 Å². The zero-order valence-corrected chi connectivity index (χ0v) is 8.70. The van der Waals surface area contributed by atoms with E-state index in [2.05, 4.69) is 5.32 Å². The zero-order chi connectivity index (χ0) is 9.36. The van der Waals surface area contributed by atoms with Crippen molar-refractivity contribution in [2.75, 3.05) is 24.6 Å². The Kier molecular flexibility index (Phi) is 2.36. The number of hydrogen-bond donors (Lipinski definition) is 1. The van der Waals surface area contributed by atoms with E-state index in [1.807, 2.05) is 0 Å². The first-order chi connectivity index (χ1) is 6.12. The summed E-state index contributed by atoms with van der Waals surface area (Å²) in [6.07, 6.45) is 4.19. The minimum Gasteiger partial charge on any atom is -0.316 e. The van der Waals surface area contributed by atoms with Crippen LogP contribution in [0.15, 0.2) is 0 Å². The van der Waals surface area contributed by atoms with Crippen LogP contribution in [-0.2, 0) is 9.84 Å². The molecule has 3 nitrogen and oxygen atoms in total. The van der Waals surface area contributed by atoms with Gasteiger partial charge in [-0.05, 0) is 37.6 Å². The molecule has 2 rings (SSSR count). The lowest BCUT2D eigenvalue weighted by Gasteiger charge is -2.40. The molecule has 0 radical (unpaired) electrons. The van der Waals surface area contributed by atoms with E-state index >= 15 is 0 Å². The highest BCUT2D eigenvalue weighted by Crippen LogP contribution is 2.36. The Morgan fingerprint density at radius 1 is 1.15 bits per heavy atom. The smallest absolute Gasteiger partial charge is 0.150 e.